The summed E-state index contributed by atoms with van der Waals surface area (Å²) in [5, 5.41) is 3.50. The number of rotatable bonds is 3. The van der Waals surface area contributed by atoms with Crippen LogP contribution in [-0.4, -0.2) is 23.2 Å². The summed E-state index contributed by atoms with van der Waals surface area (Å²) in [7, 11) is 1.48. The van der Waals surface area contributed by atoms with Gasteiger partial charge in [-0.3, -0.25) is 4.79 Å². The fraction of sp³-hybridized carbons (Fsp3) is 0.231. The molecule has 0 N–H and O–H groups in total. The van der Waals surface area contributed by atoms with Crippen molar-refractivity contribution in [1.82, 2.24) is 9.78 Å². The van der Waals surface area contributed by atoms with Gasteiger partial charge in [-0.25, -0.2) is 4.68 Å². The molecular formula is C13H11F3N2O2. The third-order valence-electron chi connectivity index (χ3n) is 2.86. The van der Waals surface area contributed by atoms with Crippen LogP contribution in [0.2, 0.25) is 0 Å². The SMILES string of the molecule is COc1ccc(-n2nc(C(F)(F)F)c(C)c2C=O)cc1. The van der Waals surface area contributed by atoms with Crippen LogP contribution in [0.15, 0.2) is 24.3 Å². The van der Waals surface area contributed by atoms with Crippen molar-refractivity contribution >= 4 is 6.29 Å². The van der Waals surface area contributed by atoms with Crippen LogP contribution >= 0.6 is 0 Å². The molecule has 0 spiro atoms. The number of methoxy groups -OCH3 is 1. The number of halogens is 3. The van der Waals surface area contributed by atoms with E-state index < -0.39 is 11.9 Å². The van der Waals surface area contributed by atoms with Gasteiger partial charge in [-0.15, -0.1) is 0 Å². The minimum absolute atomic E-state index is 0.123. The Morgan fingerprint density at radius 1 is 1.25 bits per heavy atom. The van der Waals surface area contributed by atoms with Crippen LogP contribution in [0.4, 0.5) is 13.2 Å². The van der Waals surface area contributed by atoms with Crippen LogP contribution in [0.1, 0.15) is 21.7 Å². The van der Waals surface area contributed by atoms with Gasteiger partial charge in [-0.2, -0.15) is 18.3 Å². The van der Waals surface area contributed by atoms with Gasteiger partial charge in [0.2, 0.25) is 0 Å². The second kappa shape index (κ2) is 4.99. The monoisotopic (exact) mass is 284 g/mol. The zero-order valence-corrected chi connectivity index (χ0v) is 10.7. The summed E-state index contributed by atoms with van der Waals surface area (Å²) in [6.07, 6.45) is -4.23. The van der Waals surface area contributed by atoms with Gasteiger partial charge < -0.3 is 4.74 Å². The summed E-state index contributed by atoms with van der Waals surface area (Å²) >= 11 is 0. The van der Waals surface area contributed by atoms with Gasteiger partial charge in [0.15, 0.2) is 12.0 Å². The van der Waals surface area contributed by atoms with Gasteiger partial charge in [-0.05, 0) is 31.2 Å². The number of alkyl halides is 3. The Labute approximate surface area is 112 Å². The molecule has 0 saturated heterocycles. The van der Waals surface area contributed by atoms with Crippen molar-refractivity contribution in [1.29, 1.82) is 0 Å². The van der Waals surface area contributed by atoms with Gasteiger partial charge in [0.1, 0.15) is 11.4 Å². The minimum atomic E-state index is -4.60. The number of hydrogen-bond acceptors (Lipinski definition) is 3. The van der Waals surface area contributed by atoms with E-state index in [1.807, 2.05) is 0 Å². The van der Waals surface area contributed by atoms with E-state index in [0.29, 0.717) is 17.7 Å². The first kappa shape index (κ1) is 14.1. The summed E-state index contributed by atoms with van der Waals surface area (Å²) in [5.41, 5.74) is -1.02. The highest BCUT2D eigenvalue weighted by Gasteiger charge is 2.37. The molecule has 106 valence electrons. The first-order valence-corrected chi connectivity index (χ1v) is 5.65. The Kier molecular flexibility index (Phi) is 3.52. The maximum atomic E-state index is 12.8. The van der Waals surface area contributed by atoms with E-state index in [9.17, 15) is 18.0 Å². The highest BCUT2D eigenvalue weighted by atomic mass is 19.4. The smallest absolute Gasteiger partial charge is 0.435 e. The molecule has 0 bridgehead atoms. The van der Waals surface area contributed by atoms with Crippen LogP contribution in [0.3, 0.4) is 0 Å². The van der Waals surface area contributed by atoms with Crippen molar-refractivity contribution in [2.24, 2.45) is 0 Å². The van der Waals surface area contributed by atoms with E-state index in [1.54, 1.807) is 12.1 Å². The fourth-order valence-electron chi connectivity index (χ4n) is 1.84. The molecule has 0 amide bonds. The second-order valence-electron chi connectivity index (χ2n) is 4.08. The lowest BCUT2D eigenvalue weighted by molar-refractivity contribution is -0.141. The van der Waals surface area contributed by atoms with Gasteiger partial charge in [0, 0.05) is 5.56 Å². The molecule has 1 aromatic heterocycles. The highest BCUT2D eigenvalue weighted by Crippen LogP contribution is 2.32. The Bertz CT molecular complexity index is 630. The maximum absolute atomic E-state index is 12.8. The van der Waals surface area contributed by atoms with Crippen molar-refractivity contribution in [3.8, 4) is 11.4 Å². The number of aromatic nitrogens is 2. The average Bonchev–Trinajstić information content (AvgIpc) is 2.75. The normalized spacial score (nSPS) is 11.4. The van der Waals surface area contributed by atoms with Crippen LogP contribution < -0.4 is 4.74 Å². The molecular weight excluding hydrogens is 273 g/mol. The van der Waals surface area contributed by atoms with E-state index >= 15 is 0 Å². The lowest BCUT2D eigenvalue weighted by Crippen LogP contribution is -2.08. The first-order valence-electron chi connectivity index (χ1n) is 5.65. The standard InChI is InChI=1S/C13H11F3N2O2/c1-8-11(7-19)18(17-12(8)13(14,15)16)9-3-5-10(20-2)6-4-9/h3-7H,1-2H3. The molecule has 0 atom stereocenters. The highest BCUT2D eigenvalue weighted by molar-refractivity contribution is 5.76. The van der Waals surface area contributed by atoms with Crippen molar-refractivity contribution in [3.05, 3.63) is 41.2 Å². The van der Waals surface area contributed by atoms with E-state index in [2.05, 4.69) is 5.10 Å². The molecule has 0 saturated carbocycles. The van der Waals surface area contributed by atoms with E-state index in [1.165, 1.54) is 26.2 Å². The largest absolute Gasteiger partial charge is 0.497 e. The third kappa shape index (κ3) is 2.38. The molecule has 1 aromatic carbocycles. The average molecular weight is 284 g/mol. The number of nitrogens with zero attached hydrogens (tertiary/aromatic N) is 2. The molecule has 0 radical (unpaired) electrons. The molecule has 7 heteroatoms. The second-order valence-corrected chi connectivity index (χ2v) is 4.08. The summed E-state index contributed by atoms with van der Waals surface area (Å²) in [5.74, 6) is 0.557. The van der Waals surface area contributed by atoms with Crippen molar-refractivity contribution in [2.75, 3.05) is 7.11 Å². The Morgan fingerprint density at radius 2 is 1.85 bits per heavy atom. The summed E-state index contributed by atoms with van der Waals surface area (Å²) in [6.45, 7) is 1.22. The van der Waals surface area contributed by atoms with E-state index in [-0.39, 0.29) is 11.3 Å². The predicted octanol–water partition coefficient (Wildman–Crippen LogP) is 3.02. The van der Waals surface area contributed by atoms with Gasteiger partial charge in [0.25, 0.3) is 0 Å². The molecule has 0 aliphatic carbocycles. The molecule has 4 nitrogen and oxygen atoms in total. The Hall–Kier alpha value is -2.31. The molecule has 2 rings (SSSR count). The minimum Gasteiger partial charge on any atom is -0.497 e. The number of ether oxygens (including phenoxy) is 1. The summed E-state index contributed by atoms with van der Waals surface area (Å²) in [6, 6.07) is 6.21. The summed E-state index contributed by atoms with van der Waals surface area (Å²) < 4.78 is 44.3. The number of aldehydes is 1. The maximum Gasteiger partial charge on any atom is 0.435 e. The summed E-state index contributed by atoms with van der Waals surface area (Å²) in [4.78, 5) is 11.0. The zero-order chi connectivity index (χ0) is 14.9. The van der Waals surface area contributed by atoms with Crippen LogP contribution in [-0.2, 0) is 6.18 Å². The fourth-order valence-corrected chi connectivity index (χ4v) is 1.84. The third-order valence-corrected chi connectivity index (χ3v) is 2.86. The Morgan fingerprint density at radius 3 is 2.30 bits per heavy atom. The number of carbonyl (C=O) groups excluding carboxylic acids is 1. The number of benzene rings is 1. The van der Waals surface area contributed by atoms with Crippen LogP contribution in [0.25, 0.3) is 5.69 Å². The molecule has 0 unspecified atom stereocenters. The predicted molar refractivity (Wildman–Crippen MR) is 65.2 cm³/mol. The molecule has 2 aromatic rings. The molecule has 1 heterocycles. The lowest BCUT2D eigenvalue weighted by Gasteiger charge is -2.05. The quantitative estimate of drug-likeness (QED) is 0.814. The van der Waals surface area contributed by atoms with Gasteiger partial charge >= 0.3 is 6.18 Å². The van der Waals surface area contributed by atoms with E-state index in [0.717, 1.165) is 4.68 Å². The van der Waals surface area contributed by atoms with Crippen molar-refractivity contribution < 1.29 is 22.7 Å². The Balaban J connectivity index is 2.58. The van der Waals surface area contributed by atoms with Crippen molar-refractivity contribution in [3.63, 3.8) is 0 Å². The van der Waals surface area contributed by atoms with Crippen molar-refractivity contribution in [2.45, 2.75) is 13.1 Å². The van der Waals surface area contributed by atoms with E-state index in [4.69, 9.17) is 4.74 Å². The topological polar surface area (TPSA) is 44.1 Å². The van der Waals surface area contributed by atoms with Gasteiger partial charge in [0.05, 0.1) is 12.8 Å². The molecule has 0 fully saturated rings. The lowest BCUT2D eigenvalue weighted by atomic mass is 10.2. The number of carbonyl (C=O) groups is 1. The molecule has 0 aliphatic heterocycles. The van der Waals surface area contributed by atoms with Crippen LogP contribution in [0.5, 0.6) is 5.75 Å². The van der Waals surface area contributed by atoms with Crippen LogP contribution in [0, 0.1) is 6.92 Å². The number of hydrogen-bond donors (Lipinski definition) is 0. The first-order chi connectivity index (χ1) is 9.38. The molecule has 20 heavy (non-hydrogen) atoms. The zero-order valence-electron chi connectivity index (χ0n) is 10.7. The molecule has 0 aliphatic rings. The van der Waals surface area contributed by atoms with Gasteiger partial charge in [-0.1, -0.05) is 0 Å².